The van der Waals surface area contributed by atoms with Crippen molar-refractivity contribution in [1.29, 1.82) is 0 Å². The van der Waals surface area contributed by atoms with Gasteiger partial charge in [0, 0.05) is 63.4 Å². The van der Waals surface area contributed by atoms with E-state index in [9.17, 15) is 4.79 Å². The highest BCUT2D eigenvalue weighted by Crippen LogP contribution is 2.18. The van der Waals surface area contributed by atoms with Crippen LogP contribution in [-0.2, 0) is 11.5 Å². The predicted octanol–water partition coefficient (Wildman–Crippen LogP) is 1.53. The van der Waals surface area contributed by atoms with Crippen molar-refractivity contribution in [1.82, 2.24) is 29.5 Å². The zero-order valence-electron chi connectivity index (χ0n) is 15.8. The van der Waals surface area contributed by atoms with Gasteiger partial charge >= 0.3 is 0 Å². The first-order valence-electron chi connectivity index (χ1n) is 9.94. The Kier molecular flexibility index (Phi) is 5.79. The Hall–Kier alpha value is -2.25. The van der Waals surface area contributed by atoms with Crippen molar-refractivity contribution in [2.75, 3.05) is 45.8 Å². The van der Waals surface area contributed by atoms with Crippen molar-refractivity contribution < 1.29 is 4.79 Å². The molecule has 2 aromatic heterocycles. The van der Waals surface area contributed by atoms with Gasteiger partial charge in [-0.25, -0.2) is 0 Å². The summed E-state index contributed by atoms with van der Waals surface area (Å²) in [6, 6.07) is 6.04. The fourth-order valence-electron chi connectivity index (χ4n) is 3.92. The minimum atomic E-state index is 0.300. The second kappa shape index (κ2) is 8.63. The number of piperidine rings is 1. The largest absolute Gasteiger partial charge is 0.342 e. The summed E-state index contributed by atoms with van der Waals surface area (Å²) in [4.78, 5) is 23.4. The molecule has 0 saturated carbocycles. The summed E-state index contributed by atoms with van der Waals surface area (Å²) >= 11 is 0. The molecule has 1 amide bonds. The molecule has 2 aromatic rings. The van der Waals surface area contributed by atoms with Crippen molar-refractivity contribution in [3.05, 3.63) is 36.8 Å². The van der Waals surface area contributed by atoms with E-state index < -0.39 is 0 Å². The summed E-state index contributed by atoms with van der Waals surface area (Å²) in [5.41, 5.74) is 2.17. The maximum Gasteiger partial charge on any atom is 0.236 e. The first-order chi connectivity index (χ1) is 13.3. The fraction of sp³-hybridized carbons (Fsp3) is 0.550. The highest BCUT2D eigenvalue weighted by atomic mass is 16.2. The molecule has 2 aliphatic rings. The molecule has 27 heavy (non-hydrogen) atoms. The number of hydrogen-bond donors (Lipinski definition) is 0. The molecule has 0 radical (unpaired) electrons. The summed E-state index contributed by atoms with van der Waals surface area (Å²) < 4.78 is 2.03. The lowest BCUT2D eigenvalue weighted by molar-refractivity contribution is -0.133. The molecular weight excluding hydrogens is 340 g/mol. The third kappa shape index (κ3) is 4.54. The van der Waals surface area contributed by atoms with Gasteiger partial charge in [0.15, 0.2) is 0 Å². The lowest BCUT2D eigenvalue weighted by Crippen LogP contribution is -2.50. The number of pyridine rings is 1. The van der Waals surface area contributed by atoms with Gasteiger partial charge in [0.2, 0.25) is 5.91 Å². The number of likely N-dealkylation sites (tertiary alicyclic amines) is 1. The molecule has 0 aromatic carbocycles. The second-order valence-electron chi connectivity index (χ2n) is 7.43. The van der Waals surface area contributed by atoms with Gasteiger partial charge < -0.3 is 4.90 Å². The average molecular weight is 368 g/mol. The Morgan fingerprint density at radius 3 is 2.44 bits per heavy atom. The first-order valence-corrected chi connectivity index (χ1v) is 9.94. The molecule has 2 aliphatic heterocycles. The minimum absolute atomic E-state index is 0.300. The van der Waals surface area contributed by atoms with Crippen molar-refractivity contribution >= 4 is 5.91 Å². The van der Waals surface area contributed by atoms with Crippen molar-refractivity contribution in [3.8, 4) is 11.3 Å². The minimum Gasteiger partial charge on any atom is -0.342 e. The second-order valence-corrected chi connectivity index (χ2v) is 7.43. The van der Waals surface area contributed by atoms with Crippen LogP contribution in [-0.4, -0.2) is 81.2 Å². The zero-order chi connectivity index (χ0) is 18.5. The number of aromatic nitrogens is 3. The van der Waals surface area contributed by atoms with E-state index in [0.29, 0.717) is 12.5 Å². The van der Waals surface area contributed by atoms with Crippen LogP contribution >= 0.6 is 0 Å². The number of nitrogens with zero attached hydrogens (tertiary/aromatic N) is 6. The third-order valence-electron chi connectivity index (χ3n) is 5.54. The molecule has 0 aliphatic carbocycles. The van der Waals surface area contributed by atoms with Crippen LogP contribution in [0.2, 0.25) is 0 Å². The highest BCUT2D eigenvalue weighted by molar-refractivity contribution is 5.78. The van der Waals surface area contributed by atoms with E-state index in [1.54, 1.807) is 6.20 Å². The van der Waals surface area contributed by atoms with Crippen LogP contribution in [0.3, 0.4) is 0 Å². The van der Waals surface area contributed by atoms with Crippen LogP contribution in [0.15, 0.2) is 36.8 Å². The Morgan fingerprint density at radius 1 is 0.926 bits per heavy atom. The van der Waals surface area contributed by atoms with Crippen LogP contribution in [0.4, 0.5) is 0 Å². The maximum absolute atomic E-state index is 12.5. The smallest absolute Gasteiger partial charge is 0.236 e. The molecule has 0 spiro atoms. The van der Waals surface area contributed by atoms with Gasteiger partial charge in [0.1, 0.15) is 0 Å². The lowest BCUT2D eigenvalue weighted by Gasteiger charge is -2.36. The standard InChI is InChI=1S/C20H28N6O/c27-20(25-9-2-1-3-10-25)16-23-11-13-24(14-12-23)17-26-19(6-8-22-26)18-5-4-7-21-15-18/h4-8,15H,1-3,9-14,16-17H2. The molecule has 0 bridgehead atoms. The summed E-state index contributed by atoms with van der Waals surface area (Å²) in [5.74, 6) is 0.300. The molecule has 144 valence electrons. The van der Waals surface area contributed by atoms with Crippen molar-refractivity contribution in [3.63, 3.8) is 0 Å². The molecular formula is C20H28N6O. The Balaban J connectivity index is 1.28. The molecule has 2 fully saturated rings. The van der Waals surface area contributed by atoms with E-state index in [1.165, 1.54) is 6.42 Å². The number of piperazine rings is 1. The fourth-order valence-corrected chi connectivity index (χ4v) is 3.92. The Labute approximate surface area is 160 Å². The zero-order valence-corrected chi connectivity index (χ0v) is 15.8. The quantitative estimate of drug-likeness (QED) is 0.801. The van der Waals surface area contributed by atoms with Gasteiger partial charge in [-0.3, -0.25) is 24.3 Å². The number of carbonyl (C=O) groups excluding carboxylic acids is 1. The lowest BCUT2D eigenvalue weighted by atomic mass is 10.1. The van der Waals surface area contributed by atoms with Crippen molar-refractivity contribution in [2.45, 2.75) is 25.9 Å². The molecule has 7 heteroatoms. The van der Waals surface area contributed by atoms with E-state index in [0.717, 1.165) is 70.0 Å². The third-order valence-corrected chi connectivity index (χ3v) is 5.54. The number of hydrogen-bond acceptors (Lipinski definition) is 5. The van der Waals surface area contributed by atoms with E-state index in [4.69, 9.17) is 0 Å². The van der Waals surface area contributed by atoms with Crippen LogP contribution in [0, 0.1) is 0 Å². The summed E-state index contributed by atoms with van der Waals surface area (Å²) in [6.07, 6.45) is 9.07. The van der Waals surface area contributed by atoms with E-state index >= 15 is 0 Å². The SMILES string of the molecule is O=C(CN1CCN(Cn2nccc2-c2cccnc2)CC1)N1CCCCC1. The van der Waals surface area contributed by atoms with E-state index in [-0.39, 0.29) is 0 Å². The summed E-state index contributed by atoms with van der Waals surface area (Å²) in [6.45, 7) is 7.00. The molecule has 0 N–H and O–H groups in total. The Morgan fingerprint density at radius 2 is 1.70 bits per heavy atom. The summed E-state index contributed by atoms with van der Waals surface area (Å²) in [5, 5.41) is 4.49. The van der Waals surface area contributed by atoms with Gasteiger partial charge in [-0.15, -0.1) is 0 Å². The number of rotatable bonds is 5. The van der Waals surface area contributed by atoms with E-state index in [1.807, 2.05) is 34.1 Å². The van der Waals surface area contributed by atoms with Gasteiger partial charge in [-0.2, -0.15) is 5.10 Å². The molecule has 0 atom stereocenters. The van der Waals surface area contributed by atoms with Gasteiger partial charge in [-0.1, -0.05) is 0 Å². The van der Waals surface area contributed by atoms with Gasteiger partial charge in [-0.05, 0) is 37.5 Å². The monoisotopic (exact) mass is 368 g/mol. The first kappa shape index (κ1) is 18.1. The predicted molar refractivity (Wildman–Crippen MR) is 104 cm³/mol. The van der Waals surface area contributed by atoms with Gasteiger partial charge in [0.05, 0.1) is 18.9 Å². The van der Waals surface area contributed by atoms with Crippen LogP contribution in [0.5, 0.6) is 0 Å². The topological polar surface area (TPSA) is 57.5 Å². The molecule has 7 nitrogen and oxygen atoms in total. The van der Waals surface area contributed by atoms with Crippen LogP contribution in [0.1, 0.15) is 19.3 Å². The van der Waals surface area contributed by atoms with E-state index in [2.05, 4.69) is 25.9 Å². The molecule has 4 heterocycles. The Bertz CT molecular complexity index is 732. The maximum atomic E-state index is 12.5. The van der Waals surface area contributed by atoms with Crippen LogP contribution < -0.4 is 0 Å². The van der Waals surface area contributed by atoms with Crippen molar-refractivity contribution in [2.24, 2.45) is 0 Å². The normalized spacial score (nSPS) is 19.3. The number of carbonyl (C=O) groups is 1. The molecule has 2 saturated heterocycles. The molecule has 0 unspecified atom stereocenters. The number of amides is 1. The summed E-state index contributed by atoms with van der Waals surface area (Å²) in [7, 11) is 0. The highest BCUT2D eigenvalue weighted by Gasteiger charge is 2.23. The molecule has 4 rings (SSSR count). The van der Waals surface area contributed by atoms with Crippen LogP contribution in [0.25, 0.3) is 11.3 Å². The average Bonchev–Trinajstić information content (AvgIpc) is 3.19. The van der Waals surface area contributed by atoms with Gasteiger partial charge in [0.25, 0.3) is 0 Å².